The predicted molar refractivity (Wildman–Crippen MR) is 144 cm³/mol. The molecular weight excluding hydrogens is 533 g/mol. The van der Waals surface area contributed by atoms with Crippen LogP contribution in [0.3, 0.4) is 0 Å². The molecule has 11 heteroatoms. The lowest BCUT2D eigenvalue weighted by Crippen LogP contribution is -2.43. The number of rotatable bonds is 6. The fraction of sp³-hybridized carbons (Fsp3) is 0.467. The van der Waals surface area contributed by atoms with Crippen molar-refractivity contribution >= 4 is 11.6 Å². The number of morpholine rings is 1. The Morgan fingerprint density at radius 3 is 2.71 bits per heavy atom. The van der Waals surface area contributed by atoms with E-state index in [2.05, 4.69) is 21.2 Å². The fourth-order valence-electron chi connectivity index (χ4n) is 6.54. The fourth-order valence-corrected chi connectivity index (χ4v) is 6.54. The molecule has 3 aliphatic rings. The number of fused-ring (bicyclic) bond motifs is 1. The van der Waals surface area contributed by atoms with Crippen LogP contribution >= 0.6 is 0 Å². The molecule has 0 N–H and O–H groups in total. The van der Waals surface area contributed by atoms with Crippen molar-refractivity contribution in [1.82, 2.24) is 19.7 Å². The molecule has 0 spiro atoms. The minimum Gasteiger partial charge on any atom is -0.376 e. The van der Waals surface area contributed by atoms with Gasteiger partial charge in [-0.1, -0.05) is 12.1 Å². The highest BCUT2D eigenvalue weighted by Gasteiger charge is 2.47. The van der Waals surface area contributed by atoms with Crippen molar-refractivity contribution in [3.05, 3.63) is 76.4 Å². The maximum absolute atomic E-state index is 14.3. The molecule has 0 unspecified atom stereocenters. The zero-order valence-corrected chi connectivity index (χ0v) is 23.0. The number of hydrogen-bond donors (Lipinski definition) is 0. The van der Waals surface area contributed by atoms with E-state index in [1.807, 2.05) is 36.7 Å². The number of alkyl halides is 3. The number of halogens is 3. The Kier molecular flexibility index (Phi) is 6.86. The van der Waals surface area contributed by atoms with Crippen LogP contribution in [0.2, 0.25) is 0 Å². The molecule has 1 amide bonds. The van der Waals surface area contributed by atoms with Crippen molar-refractivity contribution in [2.75, 3.05) is 24.6 Å². The van der Waals surface area contributed by atoms with E-state index in [4.69, 9.17) is 4.74 Å². The highest BCUT2D eigenvalue weighted by atomic mass is 19.4. The van der Waals surface area contributed by atoms with E-state index in [1.54, 1.807) is 18.5 Å². The minimum atomic E-state index is -4.59. The summed E-state index contributed by atoms with van der Waals surface area (Å²) in [4.78, 5) is 17.2. The number of anilines is 1. The van der Waals surface area contributed by atoms with Crippen LogP contribution in [0.5, 0.6) is 0 Å². The summed E-state index contributed by atoms with van der Waals surface area (Å²) in [6, 6.07) is 12.6. The Morgan fingerprint density at radius 1 is 1.22 bits per heavy atom. The molecule has 3 aromatic rings. The molecule has 1 aliphatic carbocycles. The molecule has 6 rings (SSSR count). The molecule has 41 heavy (non-hydrogen) atoms. The van der Waals surface area contributed by atoms with Gasteiger partial charge in [0.2, 0.25) is 0 Å². The summed E-state index contributed by atoms with van der Waals surface area (Å²) in [5.74, 6) is 0.256. The molecule has 0 bridgehead atoms. The molecular formula is C30H31F3N6O2. The normalized spacial score (nSPS) is 24.7. The van der Waals surface area contributed by atoms with E-state index in [0.29, 0.717) is 56.8 Å². The van der Waals surface area contributed by atoms with Crippen molar-refractivity contribution < 1.29 is 22.7 Å². The standard InChI is InChI=1S/C30H31F3N6O2/c1-19-15-38(6-7-41-19)16-20-8-24-25(26(9-20)30(31,32)33)17-39(28(24)40)23-5-3-4-22(10-23)29(11-21(12-29)14-34)13-27-36-35-18-37(27)2/h3-5,8-10,18-19,21H,6-7,11-13,15-17H2,1-2H3/t19-,21?,29?/m1/s1. The lowest BCUT2D eigenvalue weighted by Gasteiger charge is -2.45. The number of benzene rings is 2. The van der Waals surface area contributed by atoms with Crippen LogP contribution in [0.25, 0.3) is 0 Å². The van der Waals surface area contributed by atoms with Crippen molar-refractivity contribution in [3.8, 4) is 6.07 Å². The van der Waals surface area contributed by atoms with E-state index >= 15 is 0 Å². The third-order valence-corrected chi connectivity index (χ3v) is 8.67. The first kappa shape index (κ1) is 27.4. The van der Waals surface area contributed by atoms with Crippen LogP contribution in [0, 0.1) is 17.2 Å². The highest BCUT2D eigenvalue weighted by Crippen LogP contribution is 2.50. The third kappa shape index (κ3) is 5.11. The predicted octanol–water partition coefficient (Wildman–Crippen LogP) is 4.63. The Labute approximate surface area is 236 Å². The molecule has 2 aromatic carbocycles. The second-order valence-electron chi connectivity index (χ2n) is 11.6. The number of aryl methyl sites for hydroxylation is 1. The van der Waals surface area contributed by atoms with E-state index in [0.717, 1.165) is 11.4 Å². The van der Waals surface area contributed by atoms with Crippen LogP contribution in [-0.2, 0) is 42.9 Å². The van der Waals surface area contributed by atoms with Gasteiger partial charge in [0.15, 0.2) is 0 Å². The molecule has 3 heterocycles. The maximum atomic E-state index is 14.3. The number of nitriles is 1. The summed E-state index contributed by atoms with van der Waals surface area (Å²) >= 11 is 0. The van der Waals surface area contributed by atoms with Crippen LogP contribution in [0.1, 0.15) is 58.2 Å². The molecule has 1 saturated carbocycles. The second kappa shape index (κ2) is 10.3. The van der Waals surface area contributed by atoms with Crippen LogP contribution in [0.4, 0.5) is 18.9 Å². The Morgan fingerprint density at radius 2 is 2.02 bits per heavy atom. The number of ether oxygens (including phenoxy) is 1. The minimum absolute atomic E-state index is 0.000675. The molecule has 214 valence electrons. The lowest BCUT2D eigenvalue weighted by molar-refractivity contribution is -0.138. The molecule has 1 saturated heterocycles. The first-order valence-electron chi connectivity index (χ1n) is 13.8. The smallest absolute Gasteiger partial charge is 0.376 e. The summed E-state index contributed by atoms with van der Waals surface area (Å²) in [5.41, 5.74) is 0.927. The summed E-state index contributed by atoms with van der Waals surface area (Å²) in [6.45, 7) is 3.86. The summed E-state index contributed by atoms with van der Waals surface area (Å²) in [6.07, 6.45) is -1.12. The van der Waals surface area contributed by atoms with Crippen molar-refractivity contribution in [1.29, 1.82) is 5.26 Å². The van der Waals surface area contributed by atoms with Gasteiger partial charge in [-0.15, -0.1) is 10.2 Å². The number of hydrogen-bond acceptors (Lipinski definition) is 6. The van der Waals surface area contributed by atoms with E-state index in [1.165, 1.54) is 11.0 Å². The Hall–Kier alpha value is -3.75. The average Bonchev–Trinajstić information content (AvgIpc) is 3.47. The molecule has 8 nitrogen and oxygen atoms in total. The van der Waals surface area contributed by atoms with E-state index < -0.39 is 17.6 Å². The van der Waals surface area contributed by atoms with Crippen molar-refractivity contribution in [2.24, 2.45) is 13.0 Å². The van der Waals surface area contributed by atoms with Crippen LogP contribution in [-0.4, -0.2) is 51.4 Å². The first-order chi connectivity index (χ1) is 19.6. The zero-order chi connectivity index (χ0) is 28.9. The van der Waals surface area contributed by atoms with Gasteiger partial charge >= 0.3 is 6.18 Å². The van der Waals surface area contributed by atoms with Gasteiger partial charge in [0.25, 0.3) is 5.91 Å². The largest absolute Gasteiger partial charge is 0.416 e. The maximum Gasteiger partial charge on any atom is 0.416 e. The summed E-state index contributed by atoms with van der Waals surface area (Å²) < 4.78 is 50.2. The second-order valence-corrected chi connectivity index (χ2v) is 11.6. The molecule has 0 radical (unpaired) electrons. The van der Waals surface area contributed by atoms with Gasteiger partial charge in [0, 0.05) is 55.7 Å². The first-order valence-corrected chi connectivity index (χ1v) is 13.8. The molecule has 2 aliphatic heterocycles. The van der Waals surface area contributed by atoms with Crippen molar-refractivity contribution in [3.63, 3.8) is 0 Å². The van der Waals surface area contributed by atoms with E-state index in [9.17, 15) is 23.2 Å². The Bertz CT molecular complexity index is 1520. The number of aromatic nitrogens is 3. The third-order valence-electron chi connectivity index (χ3n) is 8.67. The van der Waals surface area contributed by atoms with Gasteiger partial charge in [0.05, 0.1) is 30.9 Å². The van der Waals surface area contributed by atoms with Crippen LogP contribution in [0.15, 0.2) is 42.7 Å². The summed E-state index contributed by atoms with van der Waals surface area (Å²) in [5, 5.41) is 17.7. The van der Waals surface area contributed by atoms with Gasteiger partial charge in [-0.2, -0.15) is 18.4 Å². The van der Waals surface area contributed by atoms with Gasteiger partial charge in [-0.3, -0.25) is 9.69 Å². The highest BCUT2D eigenvalue weighted by molar-refractivity contribution is 6.10. The quantitative estimate of drug-likeness (QED) is 0.434. The van der Waals surface area contributed by atoms with Gasteiger partial charge in [0.1, 0.15) is 12.2 Å². The molecule has 1 aromatic heterocycles. The molecule has 1 atom stereocenters. The number of carbonyl (C=O) groups is 1. The number of amides is 1. The van der Waals surface area contributed by atoms with Crippen molar-refractivity contribution in [2.45, 2.75) is 57.0 Å². The van der Waals surface area contributed by atoms with Crippen LogP contribution < -0.4 is 4.90 Å². The number of carbonyl (C=O) groups excluding carboxylic acids is 1. The van der Waals surface area contributed by atoms with Gasteiger partial charge in [-0.25, -0.2) is 0 Å². The average molecular weight is 565 g/mol. The van der Waals surface area contributed by atoms with Gasteiger partial charge in [-0.05, 0) is 60.7 Å². The zero-order valence-electron chi connectivity index (χ0n) is 23.0. The SMILES string of the molecule is C[C@@H]1CN(Cc2cc3c(c(C(F)(F)F)c2)CN(c2cccc(C4(Cc5nncn5C)CC(C#N)C4)c2)C3=O)CCO1. The summed E-state index contributed by atoms with van der Waals surface area (Å²) in [7, 11) is 1.87. The lowest BCUT2D eigenvalue weighted by atomic mass is 9.57. The topological polar surface area (TPSA) is 87.3 Å². The molecule has 2 fully saturated rings. The monoisotopic (exact) mass is 564 g/mol. The number of nitrogens with zero attached hydrogens (tertiary/aromatic N) is 6. The van der Waals surface area contributed by atoms with Gasteiger partial charge < -0.3 is 14.2 Å². The van der Waals surface area contributed by atoms with E-state index in [-0.39, 0.29) is 35.1 Å². The Balaban J connectivity index is 1.32.